The topological polar surface area (TPSA) is 153 Å². The summed E-state index contributed by atoms with van der Waals surface area (Å²) in [4.78, 5) is 24.3. The molecule has 0 unspecified atom stereocenters. The molecule has 0 radical (unpaired) electrons. The highest BCUT2D eigenvalue weighted by atomic mass is 16.5. The number of methoxy groups -OCH3 is 1. The van der Waals surface area contributed by atoms with E-state index in [-0.39, 0.29) is 23.7 Å². The van der Waals surface area contributed by atoms with Crippen molar-refractivity contribution in [1.82, 2.24) is 5.32 Å². The molecule has 0 saturated carbocycles. The maximum Gasteiger partial charge on any atom is 0.335 e. The van der Waals surface area contributed by atoms with Crippen molar-refractivity contribution < 1.29 is 33.6 Å². The molecule has 4 N–H and O–H groups in total. The van der Waals surface area contributed by atoms with Crippen molar-refractivity contribution in [2.24, 2.45) is 5.73 Å². The Morgan fingerprint density at radius 2 is 1.58 bits per heavy atom. The molecule has 1 atom stereocenters. The predicted molar refractivity (Wildman–Crippen MR) is 205 cm³/mol. The molecular weight excluding hydrogens is 670 g/mol. The van der Waals surface area contributed by atoms with Crippen LogP contribution < -0.4 is 25.3 Å². The number of carbonyl (C=O) groups is 2. The Balaban J connectivity index is 1.62. The Morgan fingerprint density at radius 3 is 2.28 bits per heavy atom. The molecule has 0 fully saturated rings. The number of hydrogen-bond acceptors (Lipinski definition) is 9. The van der Waals surface area contributed by atoms with Gasteiger partial charge in [-0.3, -0.25) is 4.79 Å². The third-order valence-corrected chi connectivity index (χ3v) is 9.25. The van der Waals surface area contributed by atoms with Crippen LogP contribution in [0.15, 0.2) is 66.7 Å². The SMILES string of the molecule is CCCCOc1cccc(-c2cccc(COc3cc(OCc4cc(C#N)cc(C(=O)O)c4)c(CN[C@@H](CCCCN)C(=O)OC)cc3C)c2C)c1C. The molecular formula is C43H51N3O7. The van der Waals surface area contributed by atoms with Crippen LogP contribution in [0.5, 0.6) is 17.2 Å². The predicted octanol–water partition coefficient (Wildman–Crippen LogP) is 7.95. The number of nitriles is 1. The van der Waals surface area contributed by atoms with Gasteiger partial charge in [0, 0.05) is 18.2 Å². The van der Waals surface area contributed by atoms with E-state index in [0.717, 1.165) is 70.4 Å². The van der Waals surface area contributed by atoms with E-state index in [1.54, 1.807) is 6.07 Å². The van der Waals surface area contributed by atoms with E-state index < -0.39 is 12.0 Å². The number of nitrogens with zero attached hydrogens (tertiary/aromatic N) is 1. The van der Waals surface area contributed by atoms with Crippen LogP contribution in [0.1, 0.15) is 88.3 Å². The highest BCUT2D eigenvalue weighted by Crippen LogP contribution is 2.35. The summed E-state index contributed by atoms with van der Waals surface area (Å²) < 4.78 is 23.9. The van der Waals surface area contributed by atoms with E-state index in [0.29, 0.717) is 49.8 Å². The summed E-state index contributed by atoms with van der Waals surface area (Å²) in [5.74, 6) is 0.496. The van der Waals surface area contributed by atoms with E-state index in [2.05, 4.69) is 44.3 Å². The van der Waals surface area contributed by atoms with Gasteiger partial charge in [-0.2, -0.15) is 5.26 Å². The second-order valence-corrected chi connectivity index (χ2v) is 13.1. The van der Waals surface area contributed by atoms with E-state index in [9.17, 15) is 20.0 Å². The van der Waals surface area contributed by atoms with Gasteiger partial charge in [0.05, 0.1) is 30.9 Å². The normalized spacial score (nSPS) is 11.4. The number of carboxylic acids is 1. The Kier molecular flexibility index (Phi) is 15.3. The summed E-state index contributed by atoms with van der Waals surface area (Å²) in [6, 6.07) is 22.0. The molecule has 0 aliphatic rings. The Morgan fingerprint density at radius 1 is 0.849 bits per heavy atom. The molecule has 0 bridgehead atoms. The molecule has 53 heavy (non-hydrogen) atoms. The summed E-state index contributed by atoms with van der Waals surface area (Å²) in [5, 5.41) is 22.4. The van der Waals surface area contributed by atoms with Gasteiger partial charge in [-0.05, 0) is 116 Å². The number of hydrogen-bond donors (Lipinski definition) is 3. The van der Waals surface area contributed by atoms with Gasteiger partial charge in [0.2, 0.25) is 0 Å². The fourth-order valence-electron chi connectivity index (χ4n) is 6.13. The molecule has 10 nitrogen and oxygen atoms in total. The summed E-state index contributed by atoms with van der Waals surface area (Å²) >= 11 is 0. The highest BCUT2D eigenvalue weighted by molar-refractivity contribution is 5.88. The van der Waals surface area contributed by atoms with Crippen LogP contribution in [0.3, 0.4) is 0 Å². The van der Waals surface area contributed by atoms with Gasteiger partial charge in [0.25, 0.3) is 0 Å². The van der Waals surface area contributed by atoms with Crippen LogP contribution in [0.4, 0.5) is 0 Å². The summed E-state index contributed by atoms with van der Waals surface area (Å²) in [5.41, 5.74) is 13.5. The number of nitrogens with two attached hydrogens (primary N) is 1. The smallest absolute Gasteiger partial charge is 0.335 e. The Labute approximate surface area is 312 Å². The zero-order valence-corrected chi connectivity index (χ0v) is 31.4. The first-order chi connectivity index (χ1) is 25.6. The van der Waals surface area contributed by atoms with E-state index in [1.807, 2.05) is 43.3 Å². The Hall–Kier alpha value is -5.37. The molecule has 0 amide bonds. The highest BCUT2D eigenvalue weighted by Gasteiger charge is 2.20. The van der Waals surface area contributed by atoms with Crippen LogP contribution in [0.2, 0.25) is 0 Å². The lowest BCUT2D eigenvalue weighted by molar-refractivity contribution is -0.143. The summed E-state index contributed by atoms with van der Waals surface area (Å²) in [7, 11) is 1.37. The number of nitrogens with one attached hydrogen (secondary N) is 1. The van der Waals surface area contributed by atoms with E-state index in [1.165, 1.54) is 19.2 Å². The van der Waals surface area contributed by atoms with Gasteiger partial charge >= 0.3 is 11.9 Å². The quantitative estimate of drug-likeness (QED) is 0.0605. The average molecular weight is 722 g/mol. The number of esters is 1. The van der Waals surface area contributed by atoms with Gasteiger partial charge in [-0.15, -0.1) is 0 Å². The van der Waals surface area contributed by atoms with Gasteiger partial charge in [-0.25, -0.2) is 4.79 Å². The van der Waals surface area contributed by atoms with Crippen LogP contribution in [0, 0.1) is 32.1 Å². The van der Waals surface area contributed by atoms with E-state index >= 15 is 0 Å². The third kappa shape index (κ3) is 11.1. The number of aryl methyl sites for hydroxylation is 1. The number of carbonyl (C=O) groups excluding carboxylic acids is 1. The van der Waals surface area contributed by atoms with Crippen molar-refractivity contribution >= 4 is 11.9 Å². The lowest BCUT2D eigenvalue weighted by Crippen LogP contribution is -2.37. The van der Waals surface area contributed by atoms with Crippen LogP contribution in [-0.4, -0.2) is 43.3 Å². The summed E-state index contributed by atoms with van der Waals surface area (Å²) in [6.07, 6.45) is 4.19. The molecule has 0 aliphatic carbocycles. The first-order valence-corrected chi connectivity index (χ1v) is 18.1. The lowest BCUT2D eigenvalue weighted by atomic mass is 9.93. The van der Waals surface area contributed by atoms with Crippen molar-refractivity contribution in [3.05, 3.63) is 111 Å². The number of ether oxygens (including phenoxy) is 4. The van der Waals surface area contributed by atoms with Gasteiger partial charge in [0.1, 0.15) is 36.5 Å². The third-order valence-electron chi connectivity index (χ3n) is 9.25. The minimum absolute atomic E-state index is 0.000549. The zero-order chi connectivity index (χ0) is 38.3. The van der Waals surface area contributed by atoms with Crippen LogP contribution in [-0.2, 0) is 29.3 Å². The van der Waals surface area contributed by atoms with Crippen molar-refractivity contribution in [2.75, 3.05) is 20.3 Å². The largest absolute Gasteiger partial charge is 0.493 e. The molecule has 4 aromatic rings. The summed E-state index contributed by atoms with van der Waals surface area (Å²) in [6.45, 7) is 10.1. The molecule has 10 heteroatoms. The molecule has 0 aromatic heterocycles. The zero-order valence-electron chi connectivity index (χ0n) is 31.4. The van der Waals surface area contributed by atoms with Crippen molar-refractivity contribution in [1.29, 1.82) is 5.26 Å². The lowest BCUT2D eigenvalue weighted by Gasteiger charge is -2.20. The van der Waals surface area contributed by atoms with Gasteiger partial charge in [0.15, 0.2) is 0 Å². The molecule has 0 saturated heterocycles. The fourth-order valence-corrected chi connectivity index (χ4v) is 6.13. The number of benzene rings is 4. The Bertz CT molecular complexity index is 1920. The molecule has 0 spiro atoms. The second kappa shape index (κ2) is 20.0. The van der Waals surface area contributed by atoms with Crippen LogP contribution >= 0.6 is 0 Å². The molecule has 4 aromatic carbocycles. The van der Waals surface area contributed by atoms with E-state index in [4.69, 9.17) is 24.7 Å². The number of rotatable bonds is 20. The maximum atomic E-state index is 12.6. The molecule has 0 aliphatic heterocycles. The maximum absolute atomic E-state index is 12.6. The fraction of sp³-hybridized carbons (Fsp3) is 0.372. The first kappa shape index (κ1) is 40.4. The minimum Gasteiger partial charge on any atom is -0.493 e. The van der Waals surface area contributed by atoms with Gasteiger partial charge in [-0.1, -0.05) is 50.1 Å². The van der Waals surface area contributed by atoms with Gasteiger partial charge < -0.3 is 35.1 Å². The van der Waals surface area contributed by atoms with Crippen LogP contribution in [0.25, 0.3) is 11.1 Å². The number of carboxylic acid groups (broad SMARTS) is 1. The minimum atomic E-state index is -1.13. The van der Waals surface area contributed by atoms with Crippen molar-refractivity contribution in [3.63, 3.8) is 0 Å². The molecule has 0 heterocycles. The average Bonchev–Trinajstić information content (AvgIpc) is 3.16. The molecule has 280 valence electrons. The standard InChI is InChI=1S/C43H51N3O7/c1-6-7-18-51-39-16-11-14-37(30(39)4)36-13-10-12-33(29(36)3)27-53-40-23-41(52-26-32-20-31(24-45)21-34(22-32)42(47)48)35(19-28(40)2)25-46-38(43(49)50-5)15-8-9-17-44/h10-14,16,19-23,38,46H,6-9,15,17-18,25-27,44H2,1-5H3,(H,47,48)/t38-/m0/s1. The van der Waals surface area contributed by atoms with Crippen molar-refractivity contribution in [3.8, 4) is 34.4 Å². The second-order valence-electron chi connectivity index (χ2n) is 13.1. The first-order valence-electron chi connectivity index (χ1n) is 18.1. The van der Waals surface area contributed by atoms with Crippen molar-refractivity contribution in [2.45, 2.75) is 85.6 Å². The number of unbranched alkanes of at least 4 members (excludes halogenated alkanes) is 2. The number of aromatic carboxylic acids is 1. The molecule has 4 rings (SSSR count). The monoisotopic (exact) mass is 721 g/mol.